The van der Waals surface area contributed by atoms with E-state index in [9.17, 15) is 0 Å². The summed E-state index contributed by atoms with van der Waals surface area (Å²) < 4.78 is 2.18. The third kappa shape index (κ3) is 3.00. The van der Waals surface area contributed by atoms with Crippen molar-refractivity contribution in [2.75, 3.05) is 0 Å². The molecule has 0 spiro atoms. The SMILES string of the molecule is [B]c1cccc2c1c1ccccc1n2-c1cc(-c2ccccc2)nc(-c2ccccc2)n1. The summed E-state index contributed by atoms with van der Waals surface area (Å²) in [5.74, 6) is 1.51. The quantitative estimate of drug-likeness (QED) is 0.352. The van der Waals surface area contributed by atoms with Crippen molar-refractivity contribution in [3.8, 4) is 28.5 Å². The van der Waals surface area contributed by atoms with Gasteiger partial charge in [0.1, 0.15) is 13.7 Å². The number of rotatable bonds is 3. The molecule has 0 atom stereocenters. The van der Waals surface area contributed by atoms with Crippen LogP contribution in [0.15, 0.2) is 109 Å². The minimum atomic E-state index is 0.691. The Morgan fingerprint density at radius 2 is 1.25 bits per heavy atom. The van der Waals surface area contributed by atoms with Gasteiger partial charge >= 0.3 is 0 Å². The molecule has 3 nitrogen and oxygen atoms in total. The Hall–Kier alpha value is -4.18. The lowest BCUT2D eigenvalue weighted by Crippen LogP contribution is -2.04. The molecule has 4 aromatic carbocycles. The lowest BCUT2D eigenvalue weighted by Gasteiger charge is -2.12. The van der Waals surface area contributed by atoms with E-state index >= 15 is 0 Å². The van der Waals surface area contributed by atoms with Gasteiger partial charge in [-0.1, -0.05) is 96.5 Å². The summed E-state index contributed by atoms with van der Waals surface area (Å²) in [5, 5.41) is 2.16. The third-order valence-corrected chi connectivity index (χ3v) is 5.77. The van der Waals surface area contributed by atoms with Crippen LogP contribution in [0.1, 0.15) is 0 Å². The van der Waals surface area contributed by atoms with Crippen molar-refractivity contribution >= 4 is 35.1 Å². The topological polar surface area (TPSA) is 30.7 Å². The lowest BCUT2D eigenvalue weighted by molar-refractivity contribution is 1.05. The van der Waals surface area contributed by atoms with Gasteiger partial charge in [0.15, 0.2) is 5.82 Å². The minimum absolute atomic E-state index is 0.691. The van der Waals surface area contributed by atoms with Crippen molar-refractivity contribution < 1.29 is 0 Å². The van der Waals surface area contributed by atoms with Crippen molar-refractivity contribution in [3.05, 3.63) is 109 Å². The first-order chi connectivity index (χ1) is 15.8. The Kier molecular flexibility index (Phi) is 4.36. The van der Waals surface area contributed by atoms with Gasteiger partial charge in [0.2, 0.25) is 0 Å². The highest BCUT2D eigenvalue weighted by Crippen LogP contribution is 2.32. The highest BCUT2D eigenvalue weighted by Gasteiger charge is 2.16. The smallest absolute Gasteiger partial charge is 0.162 e. The summed E-state index contributed by atoms with van der Waals surface area (Å²) in [4.78, 5) is 9.92. The summed E-state index contributed by atoms with van der Waals surface area (Å²) in [7, 11) is 6.41. The Bertz CT molecular complexity index is 1510. The second kappa shape index (κ2) is 7.50. The molecule has 0 amide bonds. The van der Waals surface area contributed by atoms with Crippen molar-refractivity contribution in [3.63, 3.8) is 0 Å². The number of hydrogen-bond donors (Lipinski definition) is 0. The normalized spacial score (nSPS) is 11.2. The first-order valence-corrected chi connectivity index (χ1v) is 10.6. The zero-order valence-corrected chi connectivity index (χ0v) is 17.3. The largest absolute Gasteiger partial charge is 0.294 e. The average Bonchev–Trinajstić information content (AvgIpc) is 3.20. The first kappa shape index (κ1) is 18.6. The molecule has 32 heavy (non-hydrogen) atoms. The van der Waals surface area contributed by atoms with Crippen LogP contribution in [0, 0.1) is 0 Å². The van der Waals surface area contributed by atoms with Crippen LogP contribution in [0.4, 0.5) is 0 Å². The number of hydrogen-bond acceptors (Lipinski definition) is 2. The molecule has 6 aromatic rings. The molecule has 0 saturated heterocycles. The monoisotopic (exact) mass is 407 g/mol. The number of nitrogens with zero attached hydrogens (tertiary/aromatic N) is 3. The fraction of sp³-hybridized carbons (Fsp3) is 0. The highest BCUT2D eigenvalue weighted by molar-refractivity contribution is 6.41. The molecule has 0 unspecified atom stereocenters. The first-order valence-electron chi connectivity index (χ1n) is 10.6. The van der Waals surface area contributed by atoms with E-state index in [0.29, 0.717) is 5.82 Å². The molecule has 0 N–H and O–H groups in total. The van der Waals surface area contributed by atoms with Crippen LogP contribution >= 0.6 is 0 Å². The molecule has 4 heteroatoms. The van der Waals surface area contributed by atoms with Crippen LogP contribution < -0.4 is 5.46 Å². The van der Waals surface area contributed by atoms with E-state index in [-0.39, 0.29) is 0 Å². The highest BCUT2D eigenvalue weighted by atomic mass is 15.1. The predicted molar refractivity (Wildman–Crippen MR) is 133 cm³/mol. The molecule has 2 radical (unpaired) electrons. The Morgan fingerprint density at radius 1 is 0.594 bits per heavy atom. The van der Waals surface area contributed by atoms with Gasteiger partial charge in [0, 0.05) is 28.0 Å². The molecule has 0 bridgehead atoms. The lowest BCUT2D eigenvalue weighted by atomic mass is 9.91. The summed E-state index contributed by atoms with van der Waals surface area (Å²) >= 11 is 0. The molecule has 0 saturated carbocycles. The Morgan fingerprint density at radius 3 is 2.03 bits per heavy atom. The fourth-order valence-electron chi connectivity index (χ4n) is 4.32. The van der Waals surface area contributed by atoms with E-state index in [1.807, 2.05) is 72.8 Å². The van der Waals surface area contributed by atoms with Gasteiger partial charge in [-0.2, -0.15) is 0 Å². The maximum Gasteiger partial charge on any atom is 0.162 e. The average molecular weight is 407 g/mol. The van der Waals surface area contributed by atoms with E-state index in [1.54, 1.807) is 0 Å². The predicted octanol–water partition coefficient (Wildman–Crippen LogP) is 5.70. The van der Waals surface area contributed by atoms with Gasteiger partial charge in [0.25, 0.3) is 0 Å². The van der Waals surface area contributed by atoms with Crippen LogP contribution in [0.5, 0.6) is 0 Å². The van der Waals surface area contributed by atoms with E-state index in [1.165, 1.54) is 0 Å². The van der Waals surface area contributed by atoms with Gasteiger partial charge in [0.05, 0.1) is 16.7 Å². The van der Waals surface area contributed by atoms with Crippen molar-refractivity contribution in [1.82, 2.24) is 14.5 Å². The molecule has 0 aliphatic rings. The maximum atomic E-state index is 6.41. The number of aromatic nitrogens is 3. The fourth-order valence-corrected chi connectivity index (χ4v) is 4.32. The number of fused-ring (bicyclic) bond motifs is 3. The van der Waals surface area contributed by atoms with E-state index in [4.69, 9.17) is 17.8 Å². The van der Waals surface area contributed by atoms with Crippen molar-refractivity contribution in [2.24, 2.45) is 0 Å². The van der Waals surface area contributed by atoms with Crippen LogP contribution in [-0.4, -0.2) is 22.4 Å². The standard InChI is InChI=1S/C28H18BN3/c29-22-15-9-17-25-27(22)21-14-7-8-16-24(21)32(25)26-18-23(19-10-3-1-4-11-19)30-28(31-26)20-12-5-2-6-13-20/h1-18H. The second-order valence-corrected chi connectivity index (χ2v) is 7.76. The molecular formula is C28H18BN3. The molecule has 2 aromatic heterocycles. The van der Waals surface area contributed by atoms with Gasteiger partial charge in [-0.05, 0) is 12.1 Å². The second-order valence-electron chi connectivity index (χ2n) is 7.76. The molecule has 148 valence electrons. The number of benzene rings is 4. The number of para-hydroxylation sites is 1. The molecule has 0 fully saturated rings. The van der Waals surface area contributed by atoms with Crippen LogP contribution in [-0.2, 0) is 0 Å². The maximum absolute atomic E-state index is 6.41. The zero-order valence-electron chi connectivity index (χ0n) is 17.3. The van der Waals surface area contributed by atoms with Gasteiger partial charge in [-0.3, -0.25) is 4.57 Å². The van der Waals surface area contributed by atoms with Gasteiger partial charge < -0.3 is 0 Å². The summed E-state index contributed by atoms with van der Waals surface area (Å²) in [6.07, 6.45) is 0. The molecule has 0 aliphatic heterocycles. The van der Waals surface area contributed by atoms with Crippen LogP contribution in [0.2, 0.25) is 0 Å². The van der Waals surface area contributed by atoms with E-state index in [2.05, 4.69) is 41.0 Å². The molecule has 6 rings (SSSR count). The Labute approximate surface area is 187 Å². The van der Waals surface area contributed by atoms with Gasteiger partial charge in [-0.15, -0.1) is 0 Å². The third-order valence-electron chi connectivity index (χ3n) is 5.77. The van der Waals surface area contributed by atoms with Crippen molar-refractivity contribution in [2.45, 2.75) is 0 Å². The van der Waals surface area contributed by atoms with Crippen molar-refractivity contribution in [1.29, 1.82) is 0 Å². The summed E-state index contributed by atoms with van der Waals surface area (Å²) in [5.41, 5.74) is 5.77. The summed E-state index contributed by atoms with van der Waals surface area (Å²) in [6, 6.07) is 36.7. The molecule has 0 aliphatic carbocycles. The van der Waals surface area contributed by atoms with E-state index < -0.39 is 0 Å². The molecular weight excluding hydrogens is 389 g/mol. The van der Waals surface area contributed by atoms with Crippen LogP contribution in [0.25, 0.3) is 50.3 Å². The Balaban J connectivity index is 1.71. The zero-order chi connectivity index (χ0) is 21.5. The van der Waals surface area contributed by atoms with Gasteiger partial charge in [-0.25, -0.2) is 9.97 Å². The van der Waals surface area contributed by atoms with Crippen LogP contribution in [0.3, 0.4) is 0 Å². The minimum Gasteiger partial charge on any atom is -0.294 e. The molecule has 2 heterocycles. The summed E-state index contributed by atoms with van der Waals surface area (Å²) in [6.45, 7) is 0. The van der Waals surface area contributed by atoms with E-state index in [0.717, 1.165) is 49.9 Å².